The lowest BCUT2D eigenvalue weighted by Crippen LogP contribution is -2.32. The number of methoxy groups -OCH3 is 1. The summed E-state index contributed by atoms with van der Waals surface area (Å²) in [6.07, 6.45) is 2.44. The van der Waals surface area contributed by atoms with E-state index in [1.54, 1.807) is 7.11 Å². The van der Waals surface area contributed by atoms with Gasteiger partial charge in [0.1, 0.15) is 5.75 Å². The molecule has 0 radical (unpaired) electrons. The summed E-state index contributed by atoms with van der Waals surface area (Å²) in [6.45, 7) is 4.02. The van der Waals surface area contributed by atoms with E-state index in [9.17, 15) is 4.79 Å². The number of ether oxygens (including phenoxy) is 1. The molecule has 0 fully saturated rings. The molecule has 3 aromatic carbocycles. The predicted molar refractivity (Wildman–Crippen MR) is 132 cm³/mol. The Kier molecular flexibility index (Phi) is 7.26. The number of hydrogen-bond donors (Lipinski definition) is 0. The van der Waals surface area contributed by atoms with E-state index in [-0.39, 0.29) is 5.91 Å². The number of nitrogens with zero attached hydrogens (tertiary/aromatic N) is 2. The minimum atomic E-state index is 0.104. The summed E-state index contributed by atoms with van der Waals surface area (Å²) < 4.78 is 7.47. The Morgan fingerprint density at radius 3 is 2.18 bits per heavy atom. The molecule has 0 spiro atoms. The first kappa shape index (κ1) is 22.4. The van der Waals surface area contributed by atoms with Gasteiger partial charge in [-0.05, 0) is 47.9 Å². The van der Waals surface area contributed by atoms with Gasteiger partial charge >= 0.3 is 0 Å². The number of carbonyl (C=O) groups is 1. The molecule has 1 heterocycles. The van der Waals surface area contributed by atoms with Crippen LogP contribution in [0.25, 0.3) is 0 Å². The Hall–Kier alpha value is -3.79. The van der Waals surface area contributed by atoms with Crippen LogP contribution in [-0.2, 0) is 30.8 Å². The van der Waals surface area contributed by atoms with Crippen molar-refractivity contribution >= 4 is 5.91 Å². The van der Waals surface area contributed by atoms with E-state index in [0.29, 0.717) is 19.5 Å². The summed E-state index contributed by atoms with van der Waals surface area (Å²) in [5.41, 5.74) is 5.72. The van der Waals surface area contributed by atoms with E-state index < -0.39 is 0 Å². The lowest BCUT2D eigenvalue weighted by Gasteiger charge is -2.24. The molecule has 4 aromatic rings. The fourth-order valence-electron chi connectivity index (χ4n) is 3.90. The van der Waals surface area contributed by atoms with Gasteiger partial charge < -0.3 is 14.2 Å². The van der Waals surface area contributed by atoms with E-state index in [1.165, 1.54) is 11.1 Å². The van der Waals surface area contributed by atoms with Crippen molar-refractivity contribution in [2.75, 3.05) is 7.11 Å². The van der Waals surface area contributed by atoms with Crippen LogP contribution < -0.4 is 4.74 Å². The van der Waals surface area contributed by atoms with Gasteiger partial charge in [0.2, 0.25) is 5.91 Å². The number of hydrogen-bond acceptors (Lipinski definition) is 2. The van der Waals surface area contributed by atoms with Crippen LogP contribution in [0.3, 0.4) is 0 Å². The van der Waals surface area contributed by atoms with Crippen LogP contribution in [0.4, 0.5) is 0 Å². The van der Waals surface area contributed by atoms with Crippen molar-refractivity contribution in [1.29, 1.82) is 0 Å². The molecule has 4 nitrogen and oxygen atoms in total. The average Bonchev–Trinajstić information content (AvgIpc) is 3.27. The normalized spacial score (nSPS) is 10.7. The van der Waals surface area contributed by atoms with Crippen molar-refractivity contribution in [2.24, 2.45) is 0 Å². The topological polar surface area (TPSA) is 34.5 Å². The Balaban J connectivity index is 1.53. The second kappa shape index (κ2) is 10.7. The van der Waals surface area contributed by atoms with Crippen molar-refractivity contribution in [2.45, 2.75) is 33.0 Å². The van der Waals surface area contributed by atoms with E-state index in [1.807, 2.05) is 47.4 Å². The van der Waals surface area contributed by atoms with Crippen molar-refractivity contribution in [3.63, 3.8) is 0 Å². The highest BCUT2D eigenvalue weighted by Crippen LogP contribution is 2.17. The average molecular weight is 439 g/mol. The number of benzene rings is 3. The van der Waals surface area contributed by atoms with Crippen LogP contribution in [0.15, 0.2) is 97.2 Å². The van der Waals surface area contributed by atoms with E-state index in [0.717, 1.165) is 29.1 Å². The molecule has 0 aliphatic rings. The molecule has 4 rings (SSSR count). The van der Waals surface area contributed by atoms with Crippen LogP contribution in [0.5, 0.6) is 5.75 Å². The summed E-state index contributed by atoms with van der Waals surface area (Å²) in [4.78, 5) is 15.3. The van der Waals surface area contributed by atoms with E-state index >= 15 is 0 Å². The Labute approximate surface area is 196 Å². The molecule has 33 heavy (non-hydrogen) atoms. The van der Waals surface area contributed by atoms with Gasteiger partial charge in [-0.3, -0.25) is 4.79 Å². The van der Waals surface area contributed by atoms with Gasteiger partial charge in [0.25, 0.3) is 0 Å². The van der Waals surface area contributed by atoms with Gasteiger partial charge in [-0.2, -0.15) is 0 Å². The second-order valence-corrected chi connectivity index (χ2v) is 8.37. The largest absolute Gasteiger partial charge is 0.497 e. The summed E-state index contributed by atoms with van der Waals surface area (Å²) >= 11 is 0. The van der Waals surface area contributed by atoms with Gasteiger partial charge in [-0.1, -0.05) is 72.3 Å². The summed E-state index contributed by atoms with van der Waals surface area (Å²) in [5.74, 6) is 0.897. The molecule has 1 aromatic heterocycles. The molecule has 0 atom stereocenters. The second-order valence-electron chi connectivity index (χ2n) is 8.37. The highest BCUT2D eigenvalue weighted by atomic mass is 16.5. The van der Waals surface area contributed by atoms with Crippen LogP contribution in [-0.4, -0.2) is 22.5 Å². The number of amides is 1. The van der Waals surface area contributed by atoms with Crippen LogP contribution in [0.2, 0.25) is 0 Å². The minimum Gasteiger partial charge on any atom is -0.497 e. The molecule has 0 saturated carbocycles. The zero-order valence-electron chi connectivity index (χ0n) is 19.3. The molecule has 0 aliphatic heterocycles. The van der Waals surface area contributed by atoms with Crippen molar-refractivity contribution in [1.82, 2.24) is 9.47 Å². The standard InChI is InChI=1S/C29H30N2O2/c1-23-10-12-26(13-11-23)20-30-18-6-9-27(30)22-31(21-25-7-4-3-5-8-25)29(32)19-24-14-16-28(33-2)17-15-24/h3-18H,19-22H2,1-2H3. The Morgan fingerprint density at radius 2 is 1.48 bits per heavy atom. The minimum absolute atomic E-state index is 0.104. The third-order valence-corrected chi connectivity index (χ3v) is 5.83. The fraction of sp³-hybridized carbons (Fsp3) is 0.207. The summed E-state index contributed by atoms with van der Waals surface area (Å²) in [7, 11) is 1.65. The smallest absolute Gasteiger partial charge is 0.227 e. The molecule has 0 N–H and O–H groups in total. The summed E-state index contributed by atoms with van der Waals surface area (Å²) in [6, 6.07) is 30.6. The van der Waals surface area contributed by atoms with Crippen molar-refractivity contribution in [3.8, 4) is 5.75 Å². The van der Waals surface area contributed by atoms with Gasteiger partial charge in [-0.25, -0.2) is 0 Å². The third-order valence-electron chi connectivity index (χ3n) is 5.83. The zero-order chi connectivity index (χ0) is 23.0. The molecule has 0 bridgehead atoms. The molecule has 0 unspecified atom stereocenters. The van der Waals surface area contributed by atoms with Crippen molar-refractivity contribution < 1.29 is 9.53 Å². The van der Waals surface area contributed by atoms with Crippen LogP contribution >= 0.6 is 0 Å². The quantitative estimate of drug-likeness (QED) is 0.340. The fourth-order valence-corrected chi connectivity index (χ4v) is 3.90. The molecule has 0 aliphatic carbocycles. The van der Waals surface area contributed by atoms with Gasteiger partial charge in [0.05, 0.1) is 20.1 Å². The van der Waals surface area contributed by atoms with E-state index in [2.05, 4.69) is 66.2 Å². The number of rotatable bonds is 9. The van der Waals surface area contributed by atoms with Gasteiger partial charge in [-0.15, -0.1) is 0 Å². The van der Waals surface area contributed by atoms with Gasteiger partial charge in [0, 0.05) is 25.0 Å². The van der Waals surface area contributed by atoms with Crippen LogP contribution in [0, 0.1) is 6.92 Å². The maximum absolute atomic E-state index is 13.4. The number of aromatic nitrogens is 1. The number of aryl methyl sites for hydroxylation is 1. The highest BCUT2D eigenvalue weighted by molar-refractivity contribution is 5.78. The highest BCUT2D eigenvalue weighted by Gasteiger charge is 2.17. The maximum atomic E-state index is 13.4. The SMILES string of the molecule is COc1ccc(CC(=O)N(Cc2ccccc2)Cc2cccn2Cc2ccc(C)cc2)cc1. The monoisotopic (exact) mass is 438 g/mol. The third kappa shape index (κ3) is 6.13. The maximum Gasteiger partial charge on any atom is 0.227 e. The van der Waals surface area contributed by atoms with Gasteiger partial charge in [0.15, 0.2) is 0 Å². The molecule has 0 saturated heterocycles. The zero-order valence-corrected chi connectivity index (χ0v) is 19.3. The molecular formula is C29H30N2O2. The predicted octanol–water partition coefficient (Wildman–Crippen LogP) is 5.62. The first-order valence-electron chi connectivity index (χ1n) is 11.2. The Bertz CT molecular complexity index is 1160. The first-order valence-corrected chi connectivity index (χ1v) is 11.2. The molecule has 168 valence electrons. The molecule has 1 amide bonds. The molecule has 4 heteroatoms. The lowest BCUT2D eigenvalue weighted by atomic mass is 10.1. The Morgan fingerprint density at radius 1 is 0.788 bits per heavy atom. The van der Waals surface area contributed by atoms with Crippen LogP contribution in [0.1, 0.15) is 27.9 Å². The molecular weight excluding hydrogens is 408 g/mol. The summed E-state index contributed by atoms with van der Waals surface area (Å²) in [5, 5.41) is 0. The first-order chi connectivity index (χ1) is 16.1. The lowest BCUT2D eigenvalue weighted by molar-refractivity contribution is -0.131. The number of carbonyl (C=O) groups excluding carboxylic acids is 1. The van der Waals surface area contributed by atoms with Crippen molar-refractivity contribution in [3.05, 3.63) is 125 Å². The van der Waals surface area contributed by atoms with E-state index in [4.69, 9.17) is 4.74 Å².